The number of piperidine rings is 1. The van der Waals surface area contributed by atoms with Crippen LogP contribution in [0.2, 0.25) is 0 Å². The van der Waals surface area contributed by atoms with Gasteiger partial charge in [-0.1, -0.05) is 12.5 Å². The lowest BCUT2D eigenvalue weighted by molar-refractivity contribution is 0.178. The van der Waals surface area contributed by atoms with E-state index in [1.807, 2.05) is 12.1 Å². The lowest BCUT2D eigenvalue weighted by Crippen LogP contribution is -2.43. The minimum atomic E-state index is -0.206. The van der Waals surface area contributed by atoms with Gasteiger partial charge < -0.3 is 10.2 Å². The van der Waals surface area contributed by atoms with E-state index in [4.69, 9.17) is 0 Å². The van der Waals surface area contributed by atoms with Crippen molar-refractivity contribution in [2.75, 3.05) is 20.1 Å². The van der Waals surface area contributed by atoms with E-state index in [0.717, 1.165) is 12.1 Å². The van der Waals surface area contributed by atoms with Crippen LogP contribution < -0.4 is 5.32 Å². The molecule has 0 spiro atoms. The quantitative estimate of drug-likeness (QED) is 0.906. The smallest absolute Gasteiger partial charge is 0.137 e. The molecule has 2 rings (SSSR count). The fourth-order valence-corrected chi connectivity index (χ4v) is 3.01. The van der Waals surface area contributed by atoms with Crippen LogP contribution in [-0.4, -0.2) is 31.1 Å². The Morgan fingerprint density at radius 3 is 2.95 bits per heavy atom. The van der Waals surface area contributed by atoms with Crippen LogP contribution in [-0.2, 0) is 0 Å². The number of likely N-dealkylation sites (tertiary alicyclic amines) is 1. The Hall–Kier alpha value is -0.450. The first-order valence-electron chi connectivity index (χ1n) is 6.96. The monoisotopic (exact) mass is 328 g/mol. The number of hydrogen-bond donors (Lipinski definition) is 1. The number of rotatable bonds is 4. The second-order valence-electron chi connectivity index (χ2n) is 5.43. The molecule has 2 unspecified atom stereocenters. The standard InChI is InChI=1S/C15H22BrFN2/c1-11(12-6-7-15(17)14(16)9-12)18-10-13-5-3-4-8-19(13)2/h6-7,9,11,13,18H,3-5,8,10H2,1-2H3. The average molecular weight is 329 g/mol. The molecule has 0 aromatic heterocycles. The molecule has 0 amide bonds. The Kier molecular flexibility index (Phi) is 5.37. The summed E-state index contributed by atoms with van der Waals surface area (Å²) in [5.41, 5.74) is 1.12. The Morgan fingerprint density at radius 2 is 2.26 bits per heavy atom. The molecular weight excluding hydrogens is 307 g/mol. The predicted octanol–water partition coefficient (Wildman–Crippen LogP) is 3.72. The second-order valence-corrected chi connectivity index (χ2v) is 6.29. The van der Waals surface area contributed by atoms with Gasteiger partial charge >= 0.3 is 0 Å². The van der Waals surface area contributed by atoms with Gasteiger partial charge in [0.15, 0.2) is 0 Å². The van der Waals surface area contributed by atoms with Crippen LogP contribution in [0.25, 0.3) is 0 Å². The van der Waals surface area contributed by atoms with E-state index in [2.05, 4.69) is 40.1 Å². The molecule has 1 aliphatic rings. The fourth-order valence-electron chi connectivity index (χ4n) is 2.61. The SMILES string of the molecule is CC(NCC1CCCCN1C)c1ccc(F)c(Br)c1. The first-order chi connectivity index (χ1) is 9.08. The van der Waals surface area contributed by atoms with Crippen LogP contribution in [0.1, 0.15) is 37.8 Å². The van der Waals surface area contributed by atoms with Crippen molar-refractivity contribution in [3.05, 3.63) is 34.1 Å². The highest BCUT2D eigenvalue weighted by molar-refractivity contribution is 9.10. The van der Waals surface area contributed by atoms with Gasteiger partial charge in [-0.15, -0.1) is 0 Å². The van der Waals surface area contributed by atoms with Gasteiger partial charge in [-0.25, -0.2) is 4.39 Å². The van der Waals surface area contributed by atoms with Crippen molar-refractivity contribution in [1.29, 1.82) is 0 Å². The molecule has 106 valence electrons. The maximum absolute atomic E-state index is 13.2. The van der Waals surface area contributed by atoms with E-state index in [1.54, 1.807) is 0 Å². The summed E-state index contributed by atoms with van der Waals surface area (Å²) in [4.78, 5) is 2.43. The summed E-state index contributed by atoms with van der Waals surface area (Å²) in [6.07, 6.45) is 3.91. The zero-order chi connectivity index (χ0) is 13.8. The third kappa shape index (κ3) is 4.01. The summed E-state index contributed by atoms with van der Waals surface area (Å²) in [5, 5.41) is 3.56. The second kappa shape index (κ2) is 6.82. The molecule has 1 heterocycles. The molecule has 0 aliphatic carbocycles. The Morgan fingerprint density at radius 1 is 1.47 bits per heavy atom. The molecule has 0 saturated carbocycles. The van der Waals surface area contributed by atoms with Gasteiger partial charge in [0.25, 0.3) is 0 Å². The molecule has 1 aromatic rings. The topological polar surface area (TPSA) is 15.3 Å². The number of benzene rings is 1. The number of halogens is 2. The summed E-state index contributed by atoms with van der Waals surface area (Å²) in [6, 6.07) is 6.09. The summed E-state index contributed by atoms with van der Waals surface area (Å²) < 4.78 is 13.8. The first-order valence-corrected chi connectivity index (χ1v) is 7.76. The van der Waals surface area contributed by atoms with Crippen LogP contribution in [0, 0.1) is 5.82 Å². The maximum Gasteiger partial charge on any atom is 0.137 e. The summed E-state index contributed by atoms with van der Waals surface area (Å²) in [5.74, 6) is -0.206. The fraction of sp³-hybridized carbons (Fsp3) is 0.600. The van der Waals surface area contributed by atoms with Crippen molar-refractivity contribution in [3.63, 3.8) is 0 Å². The van der Waals surface area contributed by atoms with Crippen molar-refractivity contribution in [3.8, 4) is 0 Å². The van der Waals surface area contributed by atoms with Crippen molar-refractivity contribution in [1.82, 2.24) is 10.2 Å². The van der Waals surface area contributed by atoms with Gasteiger partial charge in [0, 0.05) is 18.6 Å². The van der Waals surface area contributed by atoms with Gasteiger partial charge in [0.05, 0.1) is 4.47 Å². The minimum absolute atomic E-state index is 0.206. The van der Waals surface area contributed by atoms with Crippen LogP contribution >= 0.6 is 15.9 Å². The lowest BCUT2D eigenvalue weighted by Gasteiger charge is -2.33. The Bertz CT molecular complexity index is 425. The number of hydrogen-bond acceptors (Lipinski definition) is 2. The van der Waals surface area contributed by atoms with Crippen LogP contribution in [0.4, 0.5) is 4.39 Å². The van der Waals surface area contributed by atoms with Crippen molar-refractivity contribution in [2.45, 2.75) is 38.3 Å². The van der Waals surface area contributed by atoms with Gasteiger partial charge in [-0.2, -0.15) is 0 Å². The van der Waals surface area contributed by atoms with Gasteiger partial charge in [0.1, 0.15) is 5.82 Å². The average Bonchev–Trinajstić information content (AvgIpc) is 2.40. The molecule has 1 saturated heterocycles. The molecule has 0 bridgehead atoms. The van der Waals surface area contributed by atoms with Gasteiger partial charge in [0.2, 0.25) is 0 Å². The Labute approximate surface area is 123 Å². The molecule has 0 radical (unpaired) electrons. The molecule has 1 aliphatic heterocycles. The molecule has 1 N–H and O–H groups in total. The van der Waals surface area contributed by atoms with Gasteiger partial charge in [-0.05, 0) is 67.0 Å². The van der Waals surface area contributed by atoms with Crippen molar-refractivity contribution < 1.29 is 4.39 Å². The number of nitrogens with zero attached hydrogens (tertiary/aromatic N) is 1. The minimum Gasteiger partial charge on any atom is -0.309 e. The van der Waals surface area contributed by atoms with E-state index >= 15 is 0 Å². The van der Waals surface area contributed by atoms with E-state index in [9.17, 15) is 4.39 Å². The highest BCUT2D eigenvalue weighted by Gasteiger charge is 2.19. The first kappa shape index (κ1) is 14.9. The third-order valence-electron chi connectivity index (χ3n) is 4.02. The van der Waals surface area contributed by atoms with Crippen LogP contribution in [0.3, 0.4) is 0 Å². The number of likely N-dealkylation sites (N-methyl/N-ethyl adjacent to an activating group) is 1. The molecule has 2 atom stereocenters. The van der Waals surface area contributed by atoms with Crippen molar-refractivity contribution >= 4 is 15.9 Å². The molecule has 19 heavy (non-hydrogen) atoms. The molecule has 2 nitrogen and oxygen atoms in total. The van der Waals surface area contributed by atoms with E-state index in [-0.39, 0.29) is 11.9 Å². The molecule has 1 fully saturated rings. The highest BCUT2D eigenvalue weighted by Crippen LogP contribution is 2.22. The zero-order valence-corrected chi connectivity index (χ0v) is 13.2. The van der Waals surface area contributed by atoms with E-state index in [0.29, 0.717) is 10.5 Å². The molecular formula is C15H22BrFN2. The molecule has 1 aromatic carbocycles. The highest BCUT2D eigenvalue weighted by atomic mass is 79.9. The predicted molar refractivity (Wildman–Crippen MR) is 80.8 cm³/mol. The van der Waals surface area contributed by atoms with E-state index in [1.165, 1.54) is 31.9 Å². The maximum atomic E-state index is 13.2. The summed E-state index contributed by atoms with van der Waals surface area (Å²) >= 11 is 3.24. The van der Waals surface area contributed by atoms with Crippen molar-refractivity contribution in [2.24, 2.45) is 0 Å². The van der Waals surface area contributed by atoms with E-state index < -0.39 is 0 Å². The number of nitrogens with one attached hydrogen (secondary N) is 1. The summed E-state index contributed by atoms with van der Waals surface area (Å²) in [6.45, 7) is 4.32. The largest absolute Gasteiger partial charge is 0.309 e. The normalized spacial score (nSPS) is 22.4. The summed E-state index contributed by atoms with van der Waals surface area (Å²) in [7, 11) is 2.20. The van der Waals surface area contributed by atoms with Crippen LogP contribution in [0.5, 0.6) is 0 Å². The Balaban J connectivity index is 1.89. The molecule has 4 heteroatoms. The lowest BCUT2D eigenvalue weighted by atomic mass is 10.0. The van der Waals surface area contributed by atoms with Gasteiger partial charge in [-0.3, -0.25) is 0 Å². The van der Waals surface area contributed by atoms with Crippen LogP contribution in [0.15, 0.2) is 22.7 Å². The third-order valence-corrected chi connectivity index (χ3v) is 4.63. The zero-order valence-electron chi connectivity index (χ0n) is 11.6.